The van der Waals surface area contributed by atoms with Gasteiger partial charge < -0.3 is 0 Å². The van der Waals surface area contributed by atoms with Crippen LogP contribution in [0.5, 0.6) is 0 Å². The number of rotatable bonds is 1. The van der Waals surface area contributed by atoms with E-state index in [0.29, 0.717) is 29.2 Å². The van der Waals surface area contributed by atoms with Gasteiger partial charge in [-0.2, -0.15) is 5.26 Å². The summed E-state index contributed by atoms with van der Waals surface area (Å²) in [5.74, 6) is 0.129. The molecule has 6 heteroatoms. The van der Waals surface area contributed by atoms with Crippen molar-refractivity contribution in [2.45, 2.75) is 6.42 Å². The highest BCUT2D eigenvalue weighted by atomic mass is 35.5. The molecule has 0 amide bonds. The number of nitrogens with zero attached hydrogens (tertiary/aromatic N) is 2. The first-order valence-electron chi connectivity index (χ1n) is 4.75. The van der Waals surface area contributed by atoms with Crippen LogP contribution in [-0.2, 0) is 10.0 Å². The molecule has 1 saturated heterocycles. The van der Waals surface area contributed by atoms with Gasteiger partial charge in [-0.15, -0.1) is 0 Å². The summed E-state index contributed by atoms with van der Waals surface area (Å²) in [5.41, 5.74) is 0.711. The molecule has 84 valence electrons. The molecule has 16 heavy (non-hydrogen) atoms. The summed E-state index contributed by atoms with van der Waals surface area (Å²) in [6.45, 7) is 0.414. The predicted molar refractivity (Wildman–Crippen MR) is 61.9 cm³/mol. The normalized spacial score (nSPS) is 18.4. The van der Waals surface area contributed by atoms with Gasteiger partial charge in [0.15, 0.2) is 0 Å². The van der Waals surface area contributed by atoms with Crippen molar-refractivity contribution in [3.05, 3.63) is 28.8 Å². The first-order valence-corrected chi connectivity index (χ1v) is 6.73. The number of nitriles is 1. The van der Waals surface area contributed by atoms with E-state index in [4.69, 9.17) is 16.9 Å². The van der Waals surface area contributed by atoms with Gasteiger partial charge in [-0.3, -0.25) is 4.31 Å². The van der Waals surface area contributed by atoms with E-state index >= 15 is 0 Å². The predicted octanol–water partition coefficient (Wildman–Crippen LogP) is 1.75. The van der Waals surface area contributed by atoms with Crippen LogP contribution in [0, 0.1) is 11.3 Å². The highest BCUT2D eigenvalue weighted by molar-refractivity contribution is 7.93. The second kappa shape index (κ2) is 3.96. The zero-order valence-corrected chi connectivity index (χ0v) is 9.92. The summed E-state index contributed by atoms with van der Waals surface area (Å²) in [6.07, 6.45) is 0.583. The molecule has 1 heterocycles. The van der Waals surface area contributed by atoms with E-state index in [2.05, 4.69) is 0 Å². The molecule has 2 rings (SSSR count). The van der Waals surface area contributed by atoms with E-state index in [9.17, 15) is 8.42 Å². The van der Waals surface area contributed by atoms with Crippen molar-refractivity contribution in [3.8, 4) is 6.07 Å². The number of sulfonamides is 1. The minimum Gasteiger partial charge on any atom is -0.269 e. The largest absolute Gasteiger partial charge is 0.269 e. The van der Waals surface area contributed by atoms with Gasteiger partial charge in [-0.25, -0.2) is 8.42 Å². The molecule has 1 aromatic rings. The standard InChI is InChI=1S/C10H9ClN2O2S/c11-9-3-2-8(7-12)10(6-9)13-4-1-5-16(13,14)15/h2-3,6H,1,4-5H2. The molecule has 1 fully saturated rings. The SMILES string of the molecule is N#Cc1ccc(Cl)cc1N1CCCS1(=O)=O. The Morgan fingerprint density at radius 2 is 2.19 bits per heavy atom. The zero-order chi connectivity index (χ0) is 11.8. The number of anilines is 1. The lowest BCUT2D eigenvalue weighted by Crippen LogP contribution is -2.25. The quantitative estimate of drug-likeness (QED) is 0.769. The number of hydrogen-bond donors (Lipinski definition) is 0. The van der Waals surface area contributed by atoms with Crippen molar-refractivity contribution in [3.63, 3.8) is 0 Å². The van der Waals surface area contributed by atoms with Crippen LogP contribution in [-0.4, -0.2) is 20.7 Å². The van der Waals surface area contributed by atoms with Crippen molar-refractivity contribution in [2.75, 3.05) is 16.6 Å². The van der Waals surface area contributed by atoms with Crippen LogP contribution >= 0.6 is 11.6 Å². The Kier molecular flexibility index (Phi) is 2.78. The average Bonchev–Trinajstić information content (AvgIpc) is 2.58. The Labute approximate surface area is 99.1 Å². The highest BCUT2D eigenvalue weighted by Gasteiger charge is 2.30. The summed E-state index contributed by atoms with van der Waals surface area (Å²) < 4.78 is 24.7. The topological polar surface area (TPSA) is 61.2 Å². The van der Waals surface area contributed by atoms with Crippen LogP contribution in [0.2, 0.25) is 5.02 Å². The zero-order valence-electron chi connectivity index (χ0n) is 8.35. The minimum atomic E-state index is -3.27. The lowest BCUT2D eigenvalue weighted by Gasteiger charge is -2.18. The van der Waals surface area contributed by atoms with E-state index in [1.54, 1.807) is 6.07 Å². The molecule has 0 unspecified atom stereocenters. The average molecular weight is 257 g/mol. The smallest absolute Gasteiger partial charge is 0.235 e. The Bertz CT molecular complexity index is 563. The van der Waals surface area contributed by atoms with Gasteiger partial charge >= 0.3 is 0 Å². The van der Waals surface area contributed by atoms with E-state index in [0.717, 1.165) is 0 Å². The van der Waals surface area contributed by atoms with Gasteiger partial charge in [0.2, 0.25) is 10.0 Å². The summed E-state index contributed by atoms with van der Waals surface area (Å²) in [7, 11) is -3.27. The summed E-state index contributed by atoms with van der Waals surface area (Å²) in [5, 5.41) is 9.35. The third-order valence-corrected chi connectivity index (χ3v) is 4.54. The fourth-order valence-electron chi connectivity index (χ4n) is 1.72. The Hall–Kier alpha value is -1.25. The molecule has 0 spiro atoms. The molecule has 4 nitrogen and oxygen atoms in total. The fourth-order valence-corrected chi connectivity index (χ4v) is 3.45. The summed E-state index contributed by atoms with van der Waals surface area (Å²) >= 11 is 5.81. The molecule has 0 aliphatic carbocycles. The monoisotopic (exact) mass is 256 g/mol. The third-order valence-electron chi connectivity index (χ3n) is 2.45. The molecular formula is C10H9ClN2O2S. The first-order chi connectivity index (χ1) is 7.54. The lowest BCUT2D eigenvalue weighted by atomic mass is 10.2. The molecule has 0 radical (unpaired) electrons. The number of halogens is 1. The first kappa shape index (κ1) is 11.2. The van der Waals surface area contributed by atoms with Crippen LogP contribution in [0.3, 0.4) is 0 Å². The maximum atomic E-state index is 11.7. The van der Waals surface area contributed by atoms with Crippen molar-refractivity contribution < 1.29 is 8.42 Å². The van der Waals surface area contributed by atoms with Crippen molar-refractivity contribution >= 4 is 27.3 Å². The Balaban J connectivity index is 2.56. The molecule has 1 aromatic carbocycles. The molecule has 0 N–H and O–H groups in total. The minimum absolute atomic E-state index is 0.129. The van der Waals surface area contributed by atoms with E-state index in [1.807, 2.05) is 6.07 Å². The van der Waals surface area contributed by atoms with E-state index in [-0.39, 0.29) is 5.75 Å². The second-order valence-corrected chi connectivity index (χ2v) is 5.96. The Morgan fingerprint density at radius 3 is 2.75 bits per heavy atom. The third kappa shape index (κ3) is 1.86. The fraction of sp³-hybridized carbons (Fsp3) is 0.300. The van der Waals surface area contributed by atoms with Crippen LogP contribution in [0.1, 0.15) is 12.0 Å². The van der Waals surface area contributed by atoms with Crippen molar-refractivity contribution in [1.29, 1.82) is 5.26 Å². The molecule has 1 aliphatic rings. The Morgan fingerprint density at radius 1 is 1.44 bits per heavy atom. The van der Waals surface area contributed by atoms with E-state index < -0.39 is 10.0 Å². The van der Waals surface area contributed by atoms with Crippen molar-refractivity contribution in [1.82, 2.24) is 0 Å². The van der Waals surface area contributed by atoms with Gasteiger partial charge in [-0.1, -0.05) is 11.6 Å². The molecule has 1 aliphatic heterocycles. The molecule has 0 aromatic heterocycles. The van der Waals surface area contributed by atoms with Crippen molar-refractivity contribution in [2.24, 2.45) is 0 Å². The van der Waals surface area contributed by atoms with Crippen LogP contribution < -0.4 is 4.31 Å². The second-order valence-electron chi connectivity index (χ2n) is 3.51. The van der Waals surface area contributed by atoms with Crippen LogP contribution in [0.15, 0.2) is 18.2 Å². The summed E-state index contributed by atoms with van der Waals surface area (Å²) in [6, 6.07) is 6.60. The number of benzene rings is 1. The van der Waals surface area contributed by atoms with Gasteiger partial charge in [-0.05, 0) is 24.6 Å². The maximum Gasteiger partial charge on any atom is 0.235 e. The maximum absolute atomic E-state index is 11.7. The van der Waals surface area contributed by atoms with Gasteiger partial charge in [0.25, 0.3) is 0 Å². The summed E-state index contributed by atoms with van der Waals surface area (Å²) in [4.78, 5) is 0. The molecule has 0 saturated carbocycles. The number of hydrogen-bond acceptors (Lipinski definition) is 3. The molecule has 0 bridgehead atoms. The van der Waals surface area contributed by atoms with Gasteiger partial charge in [0, 0.05) is 11.6 Å². The molecule has 0 atom stereocenters. The lowest BCUT2D eigenvalue weighted by molar-refractivity contribution is 0.599. The van der Waals surface area contributed by atoms with Gasteiger partial charge in [0.1, 0.15) is 6.07 Å². The van der Waals surface area contributed by atoms with E-state index in [1.165, 1.54) is 16.4 Å². The van der Waals surface area contributed by atoms with Crippen LogP contribution in [0.4, 0.5) is 5.69 Å². The highest BCUT2D eigenvalue weighted by Crippen LogP contribution is 2.29. The van der Waals surface area contributed by atoms with Crippen LogP contribution in [0.25, 0.3) is 0 Å². The molecular weight excluding hydrogens is 248 g/mol. The van der Waals surface area contributed by atoms with Gasteiger partial charge in [0.05, 0.1) is 17.0 Å².